The number of nitrogen functional groups attached to an aromatic ring is 1. The summed E-state index contributed by atoms with van der Waals surface area (Å²) in [5.74, 6) is 2.08. The molecule has 0 atom stereocenters. The smallest absolute Gasteiger partial charge is 0.151 e. The number of fused-ring (bicyclic) bond motifs is 1. The first-order valence-corrected chi connectivity index (χ1v) is 8.72. The summed E-state index contributed by atoms with van der Waals surface area (Å²) in [7, 11) is 0. The molecule has 4 rings (SSSR count). The van der Waals surface area contributed by atoms with Crippen LogP contribution in [0, 0.1) is 6.92 Å². The molecule has 4 N–H and O–H groups in total. The van der Waals surface area contributed by atoms with Gasteiger partial charge in [-0.2, -0.15) is 0 Å². The van der Waals surface area contributed by atoms with Crippen molar-refractivity contribution >= 4 is 34.0 Å². The van der Waals surface area contributed by atoms with E-state index in [2.05, 4.69) is 43.8 Å². The van der Waals surface area contributed by atoms with Crippen LogP contribution in [0.15, 0.2) is 66.9 Å². The van der Waals surface area contributed by atoms with Crippen LogP contribution in [0.1, 0.15) is 11.3 Å². The summed E-state index contributed by atoms with van der Waals surface area (Å²) < 4.78 is 0. The monoisotopic (exact) mass is 356 g/mol. The molecule has 0 bridgehead atoms. The molecule has 134 valence electrons. The van der Waals surface area contributed by atoms with Gasteiger partial charge in [0.1, 0.15) is 11.6 Å². The van der Waals surface area contributed by atoms with Gasteiger partial charge in [-0.25, -0.2) is 9.97 Å². The van der Waals surface area contributed by atoms with E-state index >= 15 is 0 Å². The number of hydrogen-bond donors (Lipinski definition) is 3. The van der Waals surface area contributed by atoms with Crippen molar-refractivity contribution in [2.45, 2.75) is 13.5 Å². The second-order valence-electron chi connectivity index (χ2n) is 6.31. The third kappa shape index (κ3) is 3.95. The first-order valence-electron chi connectivity index (χ1n) is 8.72. The van der Waals surface area contributed by atoms with Crippen LogP contribution < -0.4 is 16.4 Å². The zero-order valence-corrected chi connectivity index (χ0v) is 15.0. The van der Waals surface area contributed by atoms with Crippen LogP contribution in [0.25, 0.3) is 10.9 Å². The Bertz CT molecular complexity index is 1090. The molecule has 3 aromatic heterocycles. The molecule has 6 heteroatoms. The largest absolute Gasteiger partial charge is 0.396 e. The Labute approximate surface area is 157 Å². The molecule has 6 nitrogen and oxygen atoms in total. The zero-order valence-electron chi connectivity index (χ0n) is 15.0. The molecule has 0 unspecified atom stereocenters. The van der Waals surface area contributed by atoms with Gasteiger partial charge in [-0.05, 0) is 55.0 Å². The van der Waals surface area contributed by atoms with Crippen molar-refractivity contribution in [3.05, 3.63) is 78.1 Å². The minimum absolute atomic E-state index is 0.597. The Hall–Kier alpha value is -3.67. The van der Waals surface area contributed by atoms with E-state index in [9.17, 15) is 0 Å². The zero-order chi connectivity index (χ0) is 18.6. The van der Waals surface area contributed by atoms with Crippen molar-refractivity contribution in [3.63, 3.8) is 0 Å². The minimum atomic E-state index is 0.597. The molecule has 3 heterocycles. The number of benzene rings is 1. The van der Waals surface area contributed by atoms with Crippen molar-refractivity contribution in [2.24, 2.45) is 0 Å². The summed E-state index contributed by atoms with van der Waals surface area (Å²) in [5, 5.41) is 7.63. The van der Waals surface area contributed by atoms with Gasteiger partial charge in [-0.15, -0.1) is 0 Å². The number of nitrogens with zero attached hydrogens (tertiary/aromatic N) is 3. The Balaban J connectivity index is 1.50. The van der Waals surface area contributed by atoms with Crippen LogP contribution in [0.2, 0.25) is 0 Å². The van der Waals surface area contributed by atoms with Gasteiger partial charge in [0.15, 0.2) is 5.82 Å². The van der Waals surface area contributed by atoms with E-state index in [-0.39, 0.29) is 0 Å². The second-order valence-corrected chi connectivity index (χ2v) is 6.31. The molecular formula is C21H20N6. The fraction of sp³-hybridized carbons (Fsp3) is 0.0952. The normalized spacial score (nSPS) is 10.7. The molecule has 0 aliphatic heterocycles. The average molecular weight is 356 g/mol. The molecule has 1 aromatic carbocycles. The van der Waals surface area contributed by atoms with Gasteiger partial charge in [0.25, 0.3) is 0 Å². The van der Waals surface area contributed by atoms with Crippen LogP contribution in [0.5, 0.6) is 0 Å². The number of rotatable bonds is 5. The van der Waals surface area contributed by atoms with Crippen LogP contribution >= 0.6 is 0 Å². The summed E-state index contributed by atoms with van der Waals surface area (Å²) in [6.07, 6.45) is 1.80. The fourth-order valence-corrected chi connectivity index (χ4v) is 2.85. The van der Waals surface area contributed by atoms with Gasteiger partial charge in [-0.3, -0.25) is 4.98 Å². The quantitative estimate of drug-likeness (QED) is 0.495. The standard InChI is InChI=1S/C21H20N6/c1-14-4-2-6-19(25-14)26-20-10-8-17(22)21(27-20)24-13-15-7-9-18-16(12-15)5-3-11-23-18/h2-12H,13,22H2,1H3,(H2,24,25,26,27). The highest BCUT2D eigenvalue weighted by atomic mass is 15.1. The van der Waals surface area contributed by atoms with E-state index in [1.54, 1.807) is 6.20 Å². The summed E-state index contributed by atoms with van der Waals surface area (Å²) in [4.78, 5) is 13.4. The minimum Gasteiger partial charge on any atom is -0.396 e. The number of anilines is 4. The number of aryl methyl sites for hydroxylation is 1. The van der Waals surface area contributed by atoms with Crippen LogP contribution in [0.4, 0.5) is 23.1 Å². The number of aromatic nitrogens is 3. The molecule has 0 fully saturated rings. The molecule has 4 aromatic rings. The van der Waals surface area contributed by atoms with Crippen molar-refractivity contribution in [3.8, 4) is 0 Å². The number of hydrogen-bond acceptors (Lipinski definition) is 6. The second kappa shape index (κ2) is 7.29. The highest BCUT2D eigenvalue weighted by molar-refractivity contribution is 5.79. The molecule has 0 saturated carbocycles. The third-order valence-corrected chi connectivity index (χ3v) is 4.20. The van der Waals surface area contributed by atoms with E-state index in [0.717, 1.165) is 28.0 Å². The molecule has 0 aliphatic rings. The molecule has 0 aliphatic carbocycles. The number of nitrogens with two attached hydrogens (primary N) is 1. The number of nitrogens with one attached hydrogen (secondary N) is 2. The van der Waals surface area contributed by atoms with Crippen molar-refractivity contribution in [1.82, 2.24) is 15.0 Å². The lowest BCUT2D eigenvalue weighted by Crippen LogP contribution is -2.06. The Morgan fingerprint density at radius 3 is 2.70 bits per heavy atom. The van der Waals surface area contributed by atoms with Gasteiger partial charge in [-0.1, -0.05) is 18.2 Å². The predicted octanol–water partition coefficient (Wildman–Crippen LogP) is 4.27. The summed E-state index contributed by atoms with van der Waals surface area (Å²) in [6.45, 7) is 2.57. The fourth-order valence-electron chi connectivity index (χ4n) is 2.85. The maximum Gasteiger partial charge on any atom is 0.151 e. The highest BCUT2D eigenvalue weighted by Crippen LogP contribution is 2.22. The topological polar surface area (TPSA) is 88.8 Å². The van der Waals surface area contributed by atoms with Gasteiger partial charge < -0.3 is 16.4 Å². The van der Waals surface area contributed by atoms with Crippen molar-refractivity contribution in [1.29, 1.82) is 0 Å². The van der Waals surface area contributed by atoms with E-state index in [1.807, 2.05) is 49.4 Å². The van der Waals surface area contributed by atoms with Gasteiger partial charge in [0.05, 0.1) is 11.2 Å². The van der Waals surface area contributed by atoms with Crippen LogP contribution in [-0.2, 0) is 6.54 Å². The van der Waals surface area contributed by atoms with E-state index in [1.165, 1.54) is 0 Å². The summed E-state index contributed by atoms with van der Waals surface area (Å²) in [5.41, 5.74) is 9.74. The molecule has 27 heavy (non-hydrogen) atoms. The lowest BCUT2D eigenvalue weighted by atomic mass is 10.1. The Morgan fingerprint density at radius 1 is 0.926 bits per heavy atom. The molecule has 0 amide bonds. The van der Waals surface area contributed by atoms with E-state index in [0.29, 0.717) is 23.9 Å². The molecule has 0 saturated heterocycles. The van der Waals surface area contributed by atoms with Gasteiger partial charge >= 0.3 is 0 Å². The average Bonchev–Trinajstić information content (AvgIpc) is 2.68. The van der Waals surface area contributed by atoms with Crippen molar-refractivity contribution in [2.75, 3.05) is 16.4 Å². The van der Waals surface area contributed by atoms with Gasteiger partial charge in [0, 0.05) is 23.8 Å². The lowest BCUT2D eigenvalue weighted by molar-refractivity contribution is 1.11. The van der Waals surface area contributed by atoms with E-state index < -0.39 is 0 Å². The first kappa shape index (κ1) is 16.8. The summed E-state index contributed by atoms with van der Waals surface area (Å²) in [6, 6.07) is 19.7. The molecule has 0 spiro atoms. The summed E-state index contributed by atoms with van der Waals surface area (Å²) >= 11 is 0. The van der Waals surface area contributed by atoms with Gasteiger partial charge in [0.2, 0.25) is 0 Å². The molecule has 0 radical (unpaired) electrons. The first-order chi connectivity index (χ1) is 13.2. The SMILES string of the molecule is Cc1cccc(Nc2ccc(N)c(NCc3ccc4ncccc4c3)n2)n1. The molecular weight excluding hydrogens is 336 g/mol. The van der Waals surface area contributed by atoms with E-state index in [4.69, 9.17) is 5.73 Å². The maximum absolute atomic E-state index is 6.08. The predicted molar refractivity (Wildman–Crippen MR) is 110 cm³/mol. The Kier molecular flexibility index (Phi) is 4.53. The number of pyridine rings is 3. The third-order valence-electron chi connectivity index (χ3n) is 4.20. The maximum atomic E-state index is 6.08. The highest BCUT2D eigenvalue weighted by Gasteiger charge is 2.05. The van der Waals surface area contributed by atoms with Crippen LogP contribution in [-0.4, -0.2) is 15.0 Å². The Morgan fingerprint density at radius 2 is 1.81 bits per heavy atom. The lowest BCUT2D eigenvalue weighted by Gasteiger charge is -2.12. The van der Waals surface area contributed by atoms with Crippen molar-refractivity contribution < 1.29 is 0 Å². The van der Waals surface area contributed by atoms with Crippen LogP contribution in [0.3, 0.4) is 0 Å².